The van der Waals surface area contributed by atoms with Crippen molar-refractivity contribution < 1.29 is 27.1 Å². The molecule has 0 N–H and O–H groups in total. The normalized spacial score (nSPS) is 14.4. The SMILES string of the molecule is Cc1ocnc1C(=O)O[C@H](C(C)(C)C)C(F)(F)F. The molecule has 0 aliphatic carbocycles. The lowest BCUT2D eigenvalue weighted by molar-refractivity contribution is -0.231. The third-order valence-corrected chi connectivity index (χ3v) is 2.25. The Morgan fingerprint density at radius 3 is 2.28 bits per heavy atom. The third kappa shape index (κ3) is 3.24. The third-order valence-electron chi connectivity index (χ3n) is 2.25. The van der Waals surface area contributed by atoms with E-state index in [0.717, 1.165) is 6.39 Å². The van der Waals surface area contributed by atoms with Gasteiger partial charge < -0.3 is 9.15 Å². The zero-order chi connectivity index (χ0) is 14.1. The molecular formula is C11H14F3NO3. The molecular weight excluding hydrogens is 251 g/mol. The van der Waals surface area contributed by atoms with E-state index < -0.39 is 23.7 Å². The van der Waals surface area contributed by atoms with E-state index in [1.165, 1.54) is 27.7 Å². The number of aromatic nitrogens is 1. The van der Waals surface area contributed by atoms with Crippen LogP contribution in [0.4, 0.5) is 13.2 Å². The van der Waals surface area contributed by atoms with E-state index in [-0.39, 0.29) is 11.5 Å². The number of nitrogens with zero attached hydrogens (tertiary/aromatic N) is 1. The van der Waals surface area contributed by atoms with Gasteiger partial charge in [-0.25, -0.2) is 9.78 Å². The van der Waals surface area contributed by atoms with Crippen molar-refractivity contribution in [1.29, 1.82) is 0 Å². The summed E-state index contributed by atoms with van der Waals surface area (Å²) >= 11 is 0. The molecule has 0 aromatic carbocycles. The predicted molar refractivity (Wildman–Crippen MR) is 56.0 cm³/mol. The second-order valence-electron chi connectivity index (χ2n) is 4.95. The fraction of sp³-hybridized carbons (Fsp3) is 0.636. The Bertz CT molecular complexity index is 417. The maximum Gasteiger partial charge on any atom is 0.426 e. The van der Waals surface area contributed by atoms with Crippen molar-refractivity contribution in [3.8, 4) is 0 Å². The van der Waals surface area contributed by atoms with Gasteiger partial charge in [0, 0.05) is 5.41 Å². The second kappa shape index (κ2) is 4.62. The van der Waals surface area contributed by atoms with Crippen LogP contribution >= 0.6 is 0 Å². The van der Waals surface area contributed by atoms with Crippen molar-refractivity contribution in [3.63, 3.8) is 0 Å². The van der Waals surface area contributed by atoms with Crippen LogP contribution < -0.4 is 0 Å². The Morgan fingerprint density at radius 2 is 1.94 bits per heavy atom. The molecule has 0 fully saturated rings. The van der Waals surface area contributed by atoms with Crippen molar-refractivity contribution in [2.75, 3.05) is 0 Å². The van der Waals surface area contributed by atoms with Crippen LogP contribution in [0.15, 0.2) is 10.8 Å². The number of hydrogen-bond acceptors (Lipinski definition) is 4. The second-order valence-corrected chi connectivity index (χ2v) is 4.95. The smallest absolute Gasteiger partial charge is 0.426 e. The number of rotatable bonds is 2. The predicted octanol–water partition coefficient (Wildman–Crippen LogP) is 3.12. The highest BCUT2D eigenvalue weighted by atomic mass is 19.4. The average molecular weight is 265 g/mol. The maximum absolute atomic E-state index is 12.8. The minimum atomic E-state index is -4.63. The number of oxazole rings is 1. The van der Waals surface area contributed by atoms with Crippen molar-refractivity contribution in [2.24, 2.45) is 5.41 Å². The summed E-state index contributed by atoms with van der Waals surface area (Å²) in [7, 11) is 0. The molecule has 0 amide bonds. The van der Waals surface area contributed by atoms with Crippen LogP contribution in [0.2, 0.25) is 0 Å². The summed E-state index contributed by atoms with van der Waals surface area (Å²) < 4.78 is 47.7. The molecule has 0 spiro atoms. The van der Waals surface area contributed by atoms with Gasteiger partial charge in [0.05, 0.1) is 0 Å². The Labute approximate surface area is 102 Å². The first-order chi connectivity index (χ1) is 8.03. The number of aryl methyl sites for hydroxylation is 1. The molecule has 7 heteroatoms. The largest absolute Gasteiger partial charge is 0.448 e. The Hall–Kier alpha value is -1.53. The summed E-state index contributed by atoms with van der Waals surface area (Å²) in [5, 5.41) is 0. The standard InChI is InChI=1S/C11H14F3NO3/c1-6-7(15-5-17-6)8(16)18-9(10(2,3)4)11(12,13)14/h5,9H,1-4H3/t9-/m1/s1. The van der Waals surface area contributed by atoms with Gasteiger partial charge >= 0.3 is 12.1 Å². The first kappa shape index (κ1) is 14.5. The highest BCUT2D eigenvalue weighted by molar-refractivity contribution is 5.88. The lowest BCUT2D eigenvalue weighted by Gasteiger charge is -2.31. The first-order valence-corrected chi connectivity index (χ1v) is 5.21. The molecule has 0 unspecified atom stereocenters. The molecule has 1 heterocycles. The molecule has 1 rings (SSSR count). The van der Waals surface area contributed by atoms with Crippen LogP contribution in [0, 0.1) is 12.3 Å². The summed E-state index contributed by atoms with van der Waals surface area (Å²) in [5.74, 6) is -1.02. The van der Waals surface area contributed by atoms with E-state index in [4.69, 9.17) is 4.42 Å². The Morgan fingerprint density at radius 1 is 1.39 bits per heavy atom. The highest BCUT2D eigenvalue weighted by Gasteiger charge is 2.50. The van der Waals surface area contributed by atoms with Crippen LogP contribution in [0.1, 0.15) is 37.0 Å². The van der Waals surface area contributed by atoms with Gasteiger partial charge in [0.1, 0.15) is 5.76 Å². The van der Waals surface area contributed by atoms with E-state index in [1.807, 2.05) is 0 Å². The van der Waals surface area contributed by atoms with Gasteiger partial charge in [-0.15, -0.1) is 0 Å². The van der Waals surface area contributed by atoms with Gasteiger partial charge in [0.2, 0.25) is 6.10 Å². The molecule has 102 valence electrons. The van der Waals surface area contributed by atoms with E-state index in [1.54, 1.807) is 0 Å². The number of ether oxygens (including phenoxy) is 1. The van der Waals surface area contributed by atoms with Gasteiger partial charge in [0.15, 0.2) is 12.1 Å². The van der Waals surface area contributed by atoms with Crippen molar-refractivity contribution in [3.05, 3.63) is 17.8 Å². The van der Waals surface area contributed by atoms with E-state index in [9.17, 15) is 18.0 Å². The summed E-state index contributed by atoms with van der Waals surface area (Å²) in [6.07, 6.45) is -5.86. The zero-order valence-corrected chi connectivity index (χ0v) is 10.5. The summed E-state index contributed by atoms with van der Waals surface area (Å²) in [6, 6.07) is 0. The minimum Gasteiger partial charge on any atom is -0.448 e. The lowest BCUT2D eigenvalue weighted by atomic mass is 9.88. The fourth-order valence-electron chi connectivity index (χ4n) is 1.40. The fourth-order valence-corrected chi connectivity index (χ4v) is 1.40. The van der Waals surface area contributed by atoms with Gasteiger partial charge in [-0.2, -0.15) is 13.2 Å². The topological polar surface area (TPSA) is 52.3 Å². The number of carbonyl (C=O) groups is 1. The molecule has 0 radical (unpaired) electrons. The van der Waals surface area contributed by atoms with Crippen LogP contribution in [0.25, 0.3) is 0 Å². The van der Waals surface area contributed by atoms with Crippen molar-refractivity contribution >= 4 is 5.97 Å². The van der Waals surface area contributed by atoms with Crippen molar-refractivity contribution in [2.45, 2.75) is 40.0 Å². The van der Waals surface area contributed by atoms with E-state index in [0.29, 0.717) is 0 Å². The van der Waals surface area contributed by atoms with Gasteiger partial charge in [0.25, 0.3) is 0 Å². The molecule has 1 atom stereocenters. The molecule has 1 aromatic heterocycles. The molecule has 0 saturated heterocycles. The van der Waals surface area contributed by atoms with Crippen LogP contribution in [-0.4, -0.2) is 23.2 Å². The number of hydrogen-bond donors (Lipinski definition) is 0. The molecule has 0 bridgehead atoms. The summed E-state index contributed by atoms with van der Waals surface area (Å²) in [6.45, 7) is 5.44. The Kier molecular flexibility index (Phi) is 3.73. The monoisotopic (exact) mass is 265 g/mol. The molecule has 0 saturated carbocycles. The molecule has 4 nitrogen and oxygen atoms in total. The van der Waals surface area contributed by atoms with Crippen LogP contribution in [0.3, 0.4) is 0 Å². The van der Waals surface area contributed by atoms with E-state index >= 15 is 0 Å². The zero-order valence-electron chi connectivity index (χ0n) is 10.5. The number of carbonyl (C=O) groups excluding carboxylic acids is 1. The van der Waals surface area contributed by atoms with Gasteiger partial charge in [-0.3, -0.25) is 0 Å². The number of halogens is 3. The molecule has 0 aliphatic rings. The number of esters is 1. The summed E-state index contributed by atoms with van der Waals surface area (Å²) in [5.41, 5.74) is -1.50. The average Bonchev–Trinajstić information content (AvgIpc) is 2.56. The Balaban J connectivity index is 2.93. The maximum atomic E-state index is 12.8. The van der Waals surface area contributed by atoms with Crippen molar-refractivity contribution in [1.82, 2.24) is 4.98 Å². The minimum absolute atomic E-state index is 0.120. The number of alkyl halides is 3. The van der Waals surface area contributed by atoms with E-state index in [2.05, 4.69) is 9.72 Å². The quantitative estimate of drug-likeness (QED) is 0.771. The highest BCUT2D eigenvalue weighted by Crippen LogP contribution is 2.36. The first-order valence-electron chi connectivity index (χ1n) is 5.21. The van der Waals surface area contributed by atoms with Gasteiger partial charge in [-0.05, 0) is 6.92 Å². The lowest BCUT2D eigenvalue weighted by Crippen LogP contribution is -2.43. The van der Waals surface area contributed by atoms with Gasteiger partial charge in [-0.1, -0.05) is 20.8 Å². The molecule has 0 aliphatic heterocycles. The molecule has 18 heavy (non-hydrogen) atoms. The van der Waals surface area contributed by atoms with Crippen LogP contribution in [0.5, 0.6) is 0 Å². The molecule has 1 aromatic rings. The van der Waals surface area contributed by atoms with Crippen LogP contribution in [-0.2, 0) is 4.74 Å². The summed E-state index contributed by atoms with van der Waals surface area (Å²) in [4.78, 5) is 15.1.